The third kappa shape index (κ3) is 4.00. The second kappa shape index (κ2) is 6.08. The van der Waals surface area contributed by atoms with Gasteiger partial charge in [-0.2, -0.15) is 13.2 Å². The van der Waals surface area contributed by atoms with Gasteiger partial charge in [-0.25, -0.2) is 4.79 Å². The number of carboxylic acid groups (broad SMARTS) is 1. The summed E-state index contributed by atoms with van der Waals surface area (Å²) in [5, 5.41) is 13.6. The van der Waals surface area contributed by atoms with Crippen molar-refractivity contribution in [3.05, 3.63) is 23.7 Å². The topological polar surface area (TPSA) is 101 Å². The third-order valence-electron chi connectivity index (χ3n) is 1.96. The Labute approximate surface area is 110 Å². The van der Waals surface area contributed by atoms with Crippen LogP contribution in [0, 0.1) is 0 Å². The smallest absolute Gasteiger partial charge is 0.471 e. The Morgan fingerprint density at radius 3 is 2.60 bits per heavy atom. The summed E-state index contributed by atoms with van der Waals surface area (Å²) in [6, 6.07) is 2.39. The Hall–Kier alpha value is -2.52. The molecule has 0 spiro atoms. The average molecular weight is 294 g/mol. The first-order valence-corrected chi connectivity index (χ1v) is 5.04. The first kappa shape index (κ1) is 15.5. The summed E-state index contributed by atoms with van der Waals surface area (Å²) >= 11 is 0. The number of carboxylic acids is 1. The third-order valence-corrected chi connectivity index (χ3v) is 1.96. The molecule has 0 aromatic carbocycles. The van der Waals surface area contributed by atoms with Gasteiger partial charge in [-0.3, -0.25) is 4.79 Å². The maximum atomic E-state index is 11.9. The molecule has 2 N–H and O–H groups in total. The predicted octanol–water partition coefficient (Wildman–Crippen LogP) is 0.893. The first-order chi connectivity index (χ1) is 9.25. The van der Waals surface area contributed by atoms with Gasteiger partial charge in [-0.1, -0.05) is 5.16 Å². The van der Waals surface area contributed by atoms with E-state index in [0.717, 1.165) is 7.11 Å². The van der Waals surface area contributed by atoms with Gasteiger partial charge < -0.3 is 19.7 Å². The number of alkyl halides is 3. The van der Waals surface area contributed by atoms with E-state index in [1.54, 1.807) is 5.32 Å². The molecule has 0 saturated carbocycles. The largest absolute Gasteiger partial charge is 0.476 e. The van der Waals surface area contributed by atoms with Crippen LogP contribution in [0.3, 0.4) is 0 Å². The molecule has 1 aromatic heterocycles. The molecular formula is C10H9F3N2O5. The van der Waals surface area contributed by atoms with E-state index >= 15 is 0 Å². The number of nitrogens with one attached hydrogen (secondary N) is 1. The van der Waals surface area contributed by atoms with Crippen LogP contribution < -0.4 is 5.32 Å². The Bertz CT molecular complexity index is 535. The highest BCUT2D eigenvalue weighted by atomic mass is 19.4. The maximum absolute atomic E-state index is 11.9. The van der Waals surface area contributed by atoms with E-state index in [1.165, 1.54) is 12.1 Å². The number of nitrogens with zero attached hydrogens (tertiary/aromatic N) is 1. The quantitative estimate of drug-likeness (QED) is 0.620. The molecule has 1 rings (SSSR count). The van der Waals surface area contributed by atoms with E-state index in [1.807, 2.05) is 0 Å². The van der Waals surface area contributed by atoms with Crippen molar-refractivity contribution >= 4 is 17.6 Å². The van der Waals surface area contributed by atoms with Gasteiger partial charge in [0.05, 0.1) is 6.54 Å². The summed E-state index contributed by atoms with van der Waals surface area (Å²) in [6.07, 6.45) is -5.00. The molecule has 1 amide bonds. The van der Waals surface area contributed by atoms with Crippen LogP contribution in [-0.4, -0.2) is 36.0 Å². The van der Waals surface area contributed by atoms with E-state index < -0.39 is 30.3 Å². The summed E-state index contributed by atoms with van der Waals surface area (Å²) in [5.74, 6) is -3.84. The van der Waals surface area contributed by atoms with Gasteiger partial charge in [0.2, 0.25) is 5.71 Å². The zero-order chi connectivity index (χ0) is 15.3. The van der Waals surface area contributed by atoms with Crippen LogP contribution in [0.2, 0.25) is 0 Å². The Morgan fingerprint density at radius 1 is 1.45 bits per heavy atom. The van der Waals surface area contributed by atoms with Gasteiger partial charge >= 0.3 is 18.1 Å². The standard InChI is InChI=1S/C10H9F3N2O5/c1-19-15-7(8(16)17)6-3-2-5(20-6)4-14-9(18)10(11,12)13/h2-3H,4H2,1H3,(H,14,18)(H,16,17)/b15-7-. The normalized spacial score (nSPS) is 12.1. The summed E-state index contributed by atoms with van der Waals surface area (Å²) in [7, 11) is 1.12. The van der Waals surface area contributed by atoms with Crippen LogP contribution >= 0.6 is 0 Å². The van der Waals surface area contributed by atoms with E-state index in [2.05, 4.69) is 9.99 Å². The minimum atomic E-state index is -5.00. The number of hydrogen-bond acceptors (Lipinski definition) is 5. The minimum absolute atomic E-state index is 0.0670. The number of rotatable bonds is 5. The molecule has 110 valence electrons. The van der Waals surface area contributed by atoms with Crippen LogP contribution in [0.1, 0.15) is 11.5 Å². The lowest BCUT2D eigenvalue weighted by Gasteiger charge is -2.05. The molecular weight excluding hydrogens is 285 g/mol. The van der Waals surface area contributed by atoms with Crippen molar-refractivity contribution in [2.75, 3.05) is 7.11 Å². The Balaban J connectivity index is 2.76. The second-order valence-electron chi connectivity index (χ2n) is 3.37. The molecule has 0 aliphatic heterocycles. The SMILES string of the molecule is CO/N=C(\C(=O)O)c1ccc(CNC(=O)C(F)(F)F)o1. The molecule has 0 atom stereocenters. The monoisotopic (exact) mass is 294 g/mol. The van der Waals surface area contributed by atoms with Gasteiger partial charge in [-0.05, 0) is 12.1 Å². The summed E-state index contributed by atoms with van der Waals surface area (Å²) in [5.41, 5.74) is -0.555. The summed E-state index contributed by atoms with van der Waals surface area (Å²) in [6.45, 7) is -0.543. The number of aliphatic carboxylic acids is 1. The highest BCUT2D eigenvalue weighted by Gasteiger charge is 2.38. The van der Waals surface area contributed by atoms with Gasteiger partial charge in [0.1, 0.15) is 12.9 Å². The van der Waals surface area contributed by atoms with E-state index in [4.69, 9.17) is 9.52 Å². The van der Waals surface area contributed by atoms with Crippen molar-refractivity contribution in [1.82, 2.24) is 5.32 Å². The molecule has 0 aliphatic rings. The number of oxime groups is 1. The fourth-order valence-electron chi connectivity index (χ4n) is 1.15. The lowest BCUT2D eigenvalue weighted by atomic mass is 10.3. The summed E-state index contributed by atoms with van der Waals surface area (Å²) in [4.78, 5) is 25.7. The fraction of sp³-hybridized carbons (Fsp3) is 0.300. The molecule has 0 aliphatic carbocycles. The highest BCUT2D eigenvalue weighted by molar-refractivity contribution is 6.41. The molecule has 0 unspecified atom stereocenters. The van der Waals surface area contributed by atoms with Gasteiger partial charge in [-0.15, -0.1) is 0 Å². The molecule has 7 nitrogen and oxygen atoms in total. The zero-order valence-corrected chi connectivity index (χ0v) is 10.0. The number of furan rings is 1. The molecule has 0 bridgehead atoms. The van der Waals surface area contributed by atoms with Crippen LogP contribution in [0.5, 0.6) is 0 Å². The number of carbonyl (C=O) groups is 2. The molecule has 1 heterocycles. The van der Waals surface area contributed by atoms with Crippen LogP contribution in [0.25, 0.3) is 0 Å². The van der Waals surface area contributed by atoms with E-state index in [0.29, 0.717) is 0 Å². The molecule has 0 radical (unpaired) electrons. The lowest BCUT2D eigenvalue weighted by molar-refractivity contribution is -0.173. The Kier molecular flexibility index (Phi) is 4.73. The van der Waals surface area contributed by atoms with Crippen molar-refractivity contribution in [1.29, 1.82) is 0 Å². The number of hydrogen-bond donors (Lipinski definition) is 2. The molecule has 20 heavy (non-hydrogen) atoms. The van der Waals surface area contributed by atoms with Crippen LogP contribution in [-0.2, 0) is 21.0 Å². The van der Waals surface area contributed by atoms with Gasteiger partial charge in [0, 0.05) is 0 Å². The van der Waals surface area contributed by atoms with Crippen molar-refractivity contribution in [3.8, 4) is 0 Å². The van der Waals surface area contributed by atoms with Crippen molar-refractivity contribution in [2.24, 2.45) is 5.16 Å². The van der Waals surface area contributed by atoms with E-state index in [-0.39, 0.29) is 11.5 Å². The molecule has 1 aromatic rings. The number of amides is 1. The van der Waals surface area contributed by atoms with E-state index in [9.17, 15) is 22.8 Å². The zero-order valence-electron chi connectivity index (χ0n) is 10.0. The van der Waals surface area contributed by atoms with Crippen LogP contribution in [0.4, 0.5) is 13.2 Å². The predicted molar refractivity (Wildman–Crippen MR) is 57.8 cm³/mol. The summed E-state index contributed by atoms with van der Waals surface area (Å²) < 4.78 is 40.8. The average Bonchev–Trinajstić information content (AvgIpc) is 2.79. The first-order valence-electron chi connectivity index (χ1n) is 5.04. The molecule has 0 fully saturated rings. The maximum Gasteiger partial charge on any atom is 0.471 e. The van der Waals surface area contributed by atoms with Crippen molar-refractivity contribution in [3.63, 3.8) is 0 Å². The van der Waals surface area contributed by atoms with Gasteiger partial charge in [0.25, 0.3) is 0 Å². The highest BCUT2D eigenvalue weighted by Crippen LogP contribution is 2.15. The number of carbonyl (C=O) groups excluding carboxylic acids is 1. The second-order valence-corrected chi connectivity index (χ2v) is 3.37. The molecule has 10 heteroatoms. The lowest BCUT2D eigenvalue weighted by Crippen LogP contribution is -2.36. The van der Waals surface area contributed by atoms with Crippen LogP contribution in [0.15, 0.2) is 21.7 Å². The van der Waals surface area contributed by atoms with Crippen molar-refractivity contribution < 1.29 is 37.1 Å². The fourth-order valence-corrected chi connectivity index (χ4v) is 1.15. The van der Waals surface area contributed by atoms with Gasteiger partial charge in [0.15, 0.2) is 5.76 Å². The molecule has 0 saturated heterocycles. The minimum Gasteiger partial charge on any atom is -0.476 e. The number of halogens is 3. The Morgan fingerprint density at radius 2 is 2.10 bits per heavy atom. The van der Waals surface area contributed by atoms with Crippen molar-refractivity contribution in [2.45, 2.75) is 12.7 Å².